The fourth-order valence-electron chi connectivity index (χ4n) is 2.15. The van der Waals surface area contributed by atoms with Crippen LogP contribution in [0.25, 0.3) is 16.7 Å². The molecule has 1 aromatic heterocycles. The number of imidazole rings is 1. The second-order valence-corrected chi connectivity index (χ2v) is 5.13. The summed E-state index contributed by atoms with van der Waals surface area (Å²) < 4.78 is 15.9. The van der Waals surface area contributed by atoms with Gasteiger partial charge >= 0.3 is 0 Å². The number of rotatable bonds is 1. The van der Waals surface area contributed by atoms with Crippen LogP contribution in [0.1, 0.15) is 5.56 Å². The molecule has 96 valence electrons. The number of hydrogen-bond donors (Lipinski definition) is 1. The number of para-hydroxylation sites is 1. The van der Waals surface area contributed by atoms with E-state index in [0.717, 1.165) is 16.6 Å². The first-order valence-electron chi connectivity index (χ1n) is 5.73. The Hall–Kier alpha value is -1.65. The van der Waals surface area contributed by atoms with Crippen LogP contribution < -0.4 is 0 Å². The molecule has 0 atom stereocenters. The van der Waals surface area contributed by atoms with Gasteiger partial charge in [0.05, 0.1) is 21.7 Å². The van der Waals surface area contributed by atoms with Crippen molar-refractivity contribution in [2.45, 2.75) is 6.92 Å². The summed E-state index contributed by atoms with van der Waals surface area (Å²) in [5.41, 5.74) is 3.63. The predicted octanol–water partition coefficient (Wildman–Crippen LogP) is 4.79. The topological polar surface area (TPSA) is 20.7 Å². The van der Waals surface area contributed by atoms with Crippen molar-refractivity contribution < 1.29 is 4.39 Å². The first-order valence-corrected chi connectivity index (χ1v) is 6.52. The van der Waals surface area contributed by atoms with Crippen molar-refractivity contribution in [3.05, 3.63) is 57.6 Å². The van der Waals surface area contributed by atoms with E-state index in [-0.39, 0.29) is 5.02 Å². The van der Waals surface area contributed by atoms with Gasteiger partial charge in [0.25, 0.3) is 0 Å². The van der Waals surface area contributed by atoms with Crippen LogP contribution in [0.5, 0.6) is 0 Å². The highest BCUT2D eigenvalue weighted by Crippen LogP contribution is 2.24. The molecule has 19 heavy (non-hydrogen) atoms. The molecule has 3 rings (SSSR count). The molecular weight excluding hydrogens is 283 g/mol. The van der Waals surface area contributed by atoms with Gasteiger partial charge in [0, 0.05) is 0 Å². The molecule has 5 heteroatoms. The number of H-pyrrole nitrogens is 1. The Morgan fingerprint density at radius 1 is 1.26 bits per heavy atom. The van der Waals surface area contributed by atoms with Crippen molar-refractivity contribution in [1.29, 1.82) is 0 Å². The van der Waals surface area contributed by atoms with Crippen LogP contribution in [0.4, 0.5) is 4.39 Å². The third-order valence-electron chi connectivity index (χ3n) is 3.09. The maximum absolute atomic E-state index is 13.6. The largest absolute Gasteiger partial charge is 0.330 e. The smallest absolute Gasteiger partial charge is 0.182 e. The zero-order valence-corrected chi connectivity index (χ0v) is 11.6. The normalized spacial score (nSPS) is 11.1. The van der Waals surface area contributed by atoms with Gasteiger partial charge in [0.2, 0.25) is 0 Å². The molecule has 0 aliphatic heterocycles. The fraction of sp³-hybridized carbons (Fsp3) is 0.0714. The zero-order valence-electron chi connectivity index (χ0n) is 10.1. The van der Waals surface area contributed by atoms with E-state index >= 15 is 0 Å². The van der Waals surface area contributed by atoms with Gasteiger partial charge < -0.3 is 4.98 Å². The average molecular weight is 293 g/mol. The van der Waals surface area contributed by atoms with Gasteiger partial charge in [0.1, 0.15) is 5.82 Å². The number of hydrogen-bond acceptors (Lipinski definition) is 1. The van der Waals surface area contributed by atoms with E-state index < -0.39 is 5.82 Å². The molecule has 0 bridgehead atoms. The number of aromatic amines is 1. The van der Waals surface area contributed by atoms with E-state index in [4.69, 9.17) is 23.8 Å². The van der Waals surface area contributed by atoms with Crippen LogP contribution in [0.2, 0.25) is 5.02 Å². The van der Waals surface area contributed by atoms with Crippen molar-refractivity contribution in [3.8, 4) is 5.69 Å². The minimum atomic E-state index is -0.455. The summed E-state index contributed by atoms with van der Waals surface area (Å²) in [4.78, 5) is 3.15. The summed E-state index contributed by atoms with van der Waals surface area (Å²) >= 11 is 11.0. The molecule has 0 aliphatic rings. The van der Waals surface area contributed by atoms with Crippen molar-refractivity contribution in [2.75, 3.05) is 0 Å². The molecule has 0 fully saturated rings. The quantitative estimate of drug-likeness (QED) is 0.640. The highest BCUT2D eigenvalue weighted by atomic mass is 35.5. The summed E-state index contributed by atoms with van der Waals surface area (Å²) in [5.74, 6) is -0.455. The standard InChI is InChI=1S/C14H10ClFN2S/c1-8-3-2-4-12-13(8)17-14(19)18(12)9-5-6-10(15)11(16)7-9/h2-7H,1H3,(H,17,19). The number of nitrogens with zero attached hydrogens (tertiary/aromatic N) is 1. The van der Waals surface area contributed by atoms with Crippen molar-refractivity contribution >= 4 is 34.9 Å². The van der Waals surface area contributed by atoms with Gasteiger partial charge in [-0.05, 0) is 49.0 Å². The first kappa shape index (κ1) is 12.4. The molecule has 3 aromatic rings. The van der Waals surface area contributed by atoms with E-state index in [2.05, 4.69) is 4.98 Å². The molecule has 0 aliphatic carbocycles. The minimum absolute atomic E-state index is 0.103. The molecule has 1 N–H and O–H groups in total. The van der Waals surface area contributed by atoms with Crippen LogP contribution in [0.3, 0.4) is 0 Å². The molecule has 1 heterocycles. The summed E-state index contributed by atoms with van der Waals surface area (Å²) in [7, 11) is 0. The molecule has 2 aromatic carbocycles. The van der Waals surface area contributed by atoms with Gasteiger partial charge in [0.15, 0.2) is 4.77 Å². The van der Waals surface area contributed by atoms with Gasteiger partial charge in [-0.15, -0.1) is 0 Å². The zero-order chi connectivity index (χ0) is 13.6. The Bertz CT molecular complexity index is 835. The molecule has 0 radical (unpaired) electrons. The lowest BCUT2D eigenvalue weighted by atomic mass is 10.2. The van der Waals surface area contributed by atoms with Gasteiger partial charge in [-0.1, -0.05) is 23.7 Å². The highest BCUT2D eigenvalue weighted by molar-refractivity contribution is 7.71. The molecule has 0 unspecified atom stereocenters. The highest BCUT2D eigenvalue weighted by Gasteiger charge is 2.09. The Kier molecular flexibility index (Phi) is 2.92. The second-order valence-electron chi connectivity index (χ2n) is 4.33. The van der Waals surface area contributed by atoms with E-state index in [1.165, 1.54) is 12.1 Å². The molecule has 0 saturated carbocycles. The Morgan fingerprint density at radius 3 is 2.79 bits per heavy atom. The van der Waals surface area contributed by atoms with E-state index in [9.17, 15) is 4.39 Å². The Balaban J connectivity index is 2.36. The number of benzene rings is 2. The maximum atomic E-state index is 13.6. The minimum Gasteiger partial charge on any atom is -0.330 e. The Labute approximate surface area is 119 Å². The number of halogens is 2. The van der Waals surface area contributed by atoms with Crippen LogP contribution in [-0.2, 0) is 0 Å². The fourth-order valence-corrected chi connectivity index (χ4v) is 2.58. The van der Waals surface area contributed by atoms with Crippen LogP contribution in [-0.4, -0.2) is 9.55 Å². The molecule has 2 nitrogen and oxygen atoms in total. The monoisotopic (exact) mass is 292 g/mol. The van der Waals surface area contributed by atoms with E-state index in [1.54, 1.807) is 10.6 Å². The average Bonchev–Trinajstić information content (AvgIpc) is 2.71. The lowest BCUT2D eigenvalue weighted by molar-refractivity contribution is 0.627. The molecular formula is C14H10ClFN2S. The van der Waals surface area contributed by atoms with Crippen molar-refractivity contribution in [3.63, 3.8) is 0 Å². The third kappa shape index (κ3) is 1.97. The van der Waals surface area contributed by atoms with E-state index in [0.29, 0.717) is 10.5 Å². The van der Waals surface area contributed by atoms with E-state index in [1.807, 2.05) is 25.1 Å². The number of aromatic nitrogens is 2. The molecule has 0 amide bonds. The van der Waals surface area contributed by atoms with Gasteiger partial charge in [-0.25, -0.2) is 4.39 Å². The number of aryl methyl sites for hydroxylation is 1. The number of fused-ring (bicyclic) bond motifs is 1. The predicted molar refractivity (Wildman–Crippen MR) is 78.2 cm³/mol. The second kappa shape index (κ2) is 4.47. The van der Waals surface area contributed by atoms with Crippen LogP contribution >= 0.6 is 23.8 Å². The van der Waals surface area contributed by atoms with Crippen LogP contribution in [0.15, 0.2) is 36.4 Å². The molecule has 0 spiro atoms. The summed E-state index contributed by atoms with van der Waals surface area (Å²) in [6, 6.07) is 10.6. The third-order valence-corrected chi connectivity index (χ3v) is 3.68. The summed E-state index contributed by atoms with van der Waals surface area (Å²) in [6.07, 6.45) is 0. The number of nitrogens with one attached hydrogen (secondary N) is 1. The van der Waals surface area contributed by atoms with Crippen LogP contribution in [0, 0.1) is 17.5 Å². The van der Waals surface area contributed by atoms with Crippen molar-refractivity contribution in [2.24, 2.45) is 0 Å². The lowest BCUT2D eigenvalue weighted by Gasteiger charge is -2.05. The summed E-state index contributed by atoms with van der Waals surface area (Å²) in [5, 5.41) is 0.103. The van der Waals surface area contributed by atoms with Crippen molar-refractivity contribution in [1.82, 2.24) is 9.55 Å². The Morgan fingerprint density at radius 2 is 2.05 bits per heavy atom. The van der Waals surface area contributed by atoms with Gasteiger partial charge in [-0.3, -0.25) is 4.57 Å². The first-order chi connectivity index (χ1) is 9.08. The lowest BCUT2D eigenvalue weighted by Crippen LogP contribution is -1.95. The SMILES string of the molecule is Cc1cccc2c1[nH]c(=S)n2-c1ccc(Cl)c(F)c1. The van der Waals surface area contributed by atoms with Gasteiger partial charge in [-0.2, -0.15) is 0 Å². The maximum Gasteiger partial charge on any atom is 0.182 e. The molecule has 0 saturated heterocycles. The summed E-state index contributed by atoms with van der Waals surface area (Å²) in [6.45, 7) is 2.00.